The van der Waals surface area contributed by atoms with Gasteiger partial charge >= 0.3 is 5.97 Å². The highest BCUT2D eigenvalue weighted by atomic mass is 32.2. The number of anilines is 1. The molecule has 2 rings (SSSR count). The number of carboxylic acid groups (broad SMARTS) is 1. The molecule has 4 nitrogen and oxygen atoms in total. The van der Waals surface area contributed by atoms with Crippen LogP contribution in [0.25, 0.3) is 0 Å². The van der Waals surface area contributed by atoms with E-state index in [-0.39, 0.29) is 12.3 Å². The summed E-state index contributed by atoms with van der Waals surface area (Å²) in [5.74, 6) is -0.853. The summed E-state index contributed by atoms with van der Waals surface area (Å²) >= 11 is 1.96. The SMILES string of the molecule is Cc1cc(SC2CCCCC2)ccc1NC(=O)CCCCC(=O)O. The third-order valence-electron chi connectivity index (χ3n) is 4.37. The first-order chi connectivity index (χ1) is 11.5. The molecule has 24 heavy (non-hydrogen) atoms. The maximum absolute atomic E-state index is 11.9. The molecule has 1 amide bonds. The van der Waals surface area contributed by atoms with Crippen LogP contribution < -0.4 is 5.32 Å². The fourth-order valence-electron chi connectivity index (χ4n) is 3.00. The molecule has 0 bridgehead atoms. The number of rotatable bonds is 8. The first kappa shape index (κ1) is 18.8. The number of carbonyl (C=O) groups is 2. The first-order valence-corrected chi connectivity index (χ1v) is 9.71. The van der Waals surface area contributed by atoms with Gasteiger partial charge in [-0.2, -0.15) is 0 Å². The molecule has 1 aliphatic carbocycles. The lowest BCUT2D eigenvalue weighted by Crippen LogP contribution is -2.12. The number of unbranched alkanes of at least 4 members (excludes halogenated alkanes) is 1. The third kappa shape index (κ3) is 6.56. The van der Waals surface area contributed by atoms with E-state index in [1.165, 1.54) is 37.0 Å². The molecule has 1 fully saturated rings. The summed E-state index contributed by atoms with van der Waals surface area (Å²) < 4.78 is 0. The van der Waals surface area contributed by atoms with Crippen LogP contribution in [-0.4, -0.2) is 22.2 Å². The summed E-state index contributed by atoms with van der Waals surface area (Å²) in [7, 11) is 0. The lowest BCUT2D eigenvalue weighted by molar-refractivity contribution is -0.137. The second-order valence-electron chi connectivity index (χ2n) is 6.50. The highest BCUT2D eigenvalue weighted by Crippen LogP contribution is 2.34. The average Bonchev–Trinajstić information content (AvgIpc) is 2.55. The zero-order valence-electron chi connectivity index (χ0n) is 14.3. The summed E-state index contributed by atoms with van der Waals surface area (Å²) in [4.78, 5) is 23.7. The lowest BCUT2D eigenvalue weighted by Gasteiger charge is -2.21. The van der Waals surface area contributed by atoms with E-state index in [0.717, 1.165) is 16.5 Å². The minimum Gasteiger partial charge on any atom is -0.481 e. The van der Waals surface area contributed by atoms with Gasteiger partial charge in [0.05, 0.1) is 0 Å². The Morgan fingerprint density at radius 2 is 1.88 bits per heavy atom. The summed E-state index contributed by atoms with van der Waals surface area (Å²) in [5.41, 5.74) is 1.93. The van der Waals surface area contributed by atoms with Gasteiger partial charge in [0.15, 0.2) is 0 Å². The Kier molecular flexibility index (Phi) is 7.63. The number of thioether (sulfide) groups is 1. The Morgan fingerprint density at radius 3 is 2.54 bits per heavy atom. The molecule has 0 aliphatic heterocycles. The van der Waals surface area contributed by atoms with Crippen LogP contribution >= 0.6 is 11.8 Å². The van der Waals surface area contributed by atoms with E-state index >= 15 is 0 Å². The number of nitrogens with one attached hydrogen (secondary N) is 1. The van der Waals surface area contributed by atoms with Crippen LogP contribution in [-0.2, 0) is 9.59 Å². The summed E-state index contributed by atoms with van der Waals surface area (Å²) in [6, 6.07) is 6.22. The molecule has 0 saturated heterocycles. The zero-order valence-corrected chi connectivity index (χ0v) is 15.2. The van der Waals surface area contributed by atoms with Gasteiger partial charge in [-0.05, 0) is 56.4 Å². The molecule has 1 aromatic rings. The van der Waals surface area contributed by atoms with Crippen molar-refractivity contribution in [3.8, 4) is 0 Å². The predicted molar refractivity (Wildman–Crippen MR) is 98.6 cm³/mol. The molecule has 2 N–H and O–H groups in total. The molecule has 132 valence electrons. The van der Waals surface area contributed by atoms with E-state index in [9.17, 15) is 9.59 Å². The van der Waals surface area contributed by atoms with Crippen LogP contribution in [0.5, 0.6) is 0 Å². The van der Waals surface area contributed by atoms with E-state index in [4.69, 9.17) is 5.11 Å². The Labute approximate surface area is 148 Å². The highest BCUT2D eigenvalue weighted by Gasteiger charge is 2.15. The van der Waals surface area contributed by atoms with Gasteiger partial charge in [0, 0.05) is 28.7 Å². The van der Waals surface area contributed by atoms with Crippen molar-refractivity contribution in [1.82, 2.24) is 0 Å². The molecule has 1 aliphatic rings. The number of carboxylic acids is 1. The number of aryl methyl sites for hydroxylation is 1. The summed E-state index contributed by atoms with van der Waals surface area (Å²) in [5, 5.41) is 12.3. The van der Waals surface area contributed by atoms with Crippen LogP contribution in [0.3, 0.4) is 0 Å². The maximum Gasteiger partial charge on any atom is 0.303 e. The largest absolute Gasteiger partial charge is 0.481 e. The van der Waals surface area contributed by atoms with Gasteiger partial charge in [-0.3, -0.25) is 9.59 Å². The van der Waals surface area contributed by atoms with Crippen molar-refractivity contribution < 1.29 is 14.7 Å². The first-order valence-electron chi connectivity index (χ1n) is 8.83. The Hall–Kier alpha value is -1.49. The number of hydrogen-bond donors (Lipinski definition) is 2. The molecule has 1 aromatic carbocycles. The zero-order chi connectivity index (χ0) is 17.4. The summed E-state index contributed by atoms with van der Waals surface area (Å²) in [6.07, 6.45) is 8.29. The van der Waals surface area contributed by atoms with Crippen LogP contribution in [0.4, 0.5) is 5.69 Å². The van der Waals surface area contributed by atoms with Crippen LogP contribution in [0, 0.1) is 6.92 Å². The molecule has 0 heterocycles. The molecule has 0 aromatic heterocycles. The van der Waals surface area contributed by atoms with Crippen molar-refractivity contribution in [2.24, 2.45) is 0 Å². The molecule has 0 atom stereocenters. The van der Waals surface area contributed by atoms with Crippen LogP contribution in [0.1, 0.15) is 63.4 Å². The molecular formula is C19H27NO3S. The minimum atomic E-state index is -0.808. The predicted octanol–water partition coefficient (Wildman–Crippen LogP) is 5.00. The summed E-state index contributed by atoms with van der Waals surface area (Å²) in [6.45, 7) is 2.02. The van der Waals surface area contributed by atoms with Gasteiger partial charge < -0.3 is 10.4 Å². The van der Waals surface area contributed by atoms with Gasteiger partial charge in [-0.25, -0.2) is 0 Å². The Morgan fingerprint density at radius 1 is 1.17 bits per heavy atom. The third-order valence-corrected chi connectivity index (χ3v) is 5.70. The lowest BCUT2D eigenvalue weighted by atomic mass is 10.0. The highest BCUT2D eigenvalue weighted by molar-refractivity contribution is 8.00. The fraction of sp³-hybridized carbons (Fsp3) is 0.579. The van der Waals surface area contributed by atoms with Gasteiger partial charge in [0.1, 0.15) is 0 Å². The van der Waals surface area contributed by atoms with Gasteiger partial charge in [-0.15, -0.1) is 11.8 Å². The van der Waals surface area contributed by atoms with Crippen molar-refractivity contribution in [2.75, 3.05) is 5.32 Å². The smallest absolute Gasteiger partial charge is 0.303 e. The second-order valence-corrected chi connectivity index (χ2v) is 7.88. The van der Waals surface area contributed by atoms with Crippen LogP contribution in [0.2, 0.25) is 0 Å². The second kappa shape index (κ2) is 9.72. The van der Waals surface area contributed by atoms with E-state index in [0.29, 0.717) is 19.3 Å². The standard InChI is InChI=1S/C19H27NO3S/c1-14-13-16(24-15-7-3-2-4-8-15)11-12-17(14)20-18(21)9-5-6-10-19(22)23/h11-13,15H,2-10H2,1H3,(H,20,21)(H,22,23). The minimum absolute atomic E-state index is 0.0452. The average molecular weight is 349 g/mol. The molecule has 1 saturated carbocycles. The van der Waals surface area contributed by atoms with Crippen molar-refractivity contribution >= 4 is 29.3 Å². The number of aliphatic carboxylic acids is 1. The quantitative estimate of drug-likeness (QED) is 0.648. The van der Waals surface area contributed by atoms with Crippen LogP contribution in [0.15, 0.2) is 23.1 Å². The fourth-order valence-corrected chi connectivity index (χ4v) is 4.35. The van der Waals surface area contributed by atoms with Gasteiger partial charge in [-0.1, -0.05) is 19.3 Å². The number of benzene rings is 1. The Balaban J connectivity index is 1.80. The maximum atomic E-state index is 11.9. The monoisotopic (exact) mass is 349 g/mol. The van der Waals surface area contributed by atoms with E-state index in [1.807, 2.05) is 24.8 Å². The molecule has 0 radical (unpaired) electrons. The van der Waals surface area contributed by atoms with Crippen molar-refractivity contribution in [1.29, 1.82) is 0 Å². The topological polar surface area (TPSA) is 66.4 Å². The molecule has 0 spiro atoms. The van der Waals surface area contributed by atoms with E-state index in [1.54, 1.807) is 0 Å². The number of hydrogen-bond acceptors (Lipinski definition) is 3. The van der Waals surface area contributed by atoms with Gasteiger partial charge in [0.2, 0.25) is 5.91 Å². The normalized spacial score (nSPS) is 15.2. The van der Waals surface area contributed by atoms with Crippen molar-refractivity contribution in [3.63, 3.8) is 0 Å². The van der Waals surface area contributed by atoms with E-state index < -0.39 is 5.97 Å². The van der Waals surface area contributed by atoms with Gasteiger partial charge in [0.25, 0.3) is 0 Å². The molecule has 0 unspecified atom stereocenters. The number of carbonyl (C=O) groups excluding carboxylic acids is 1. The number of amides is 1. The molecular weight excluding hydrogens is 322 g/mol. The van der Waals surface area contributed by atoms with Crippen molar-refractivity contribution in [3.05, 3.63) is 23.8 Å². The van der Waals surface area contributed by atoms with Crippen molar-refractivity contribution in [2.45, 2.75) is 74.9 Å². The Bertz CT molecular complexity index is 568. The molecule has 5 heteroatoms. The van der Waals surface area contributed by atoms with E-state index in [2.05, 4.69) is 17.4 Å².